The van der Waals surface area contributed by atoms with E-state index in [1.807, 2.05) is 19.9 Å². The molecule has 1 aliphatic heterocycles. The van der Waals surface area contributed by atoms with Crippen LogP contribution in [0.2, 0.25) is 0 Å². The van der Waals surface area contributed by atoms with Gasteiger partial charge in [0, 0.05) is 11.8 Å². The van der Waals surface area contributed by atoms with E-state index in [9.17, 15) is 8.78 Å². The maximum atomic E-state index is 12.9. The summed E-state index contributed by atoms with van der Waals surface area (Å²) in [5, 5.41) is 4.28. The number of aryl methyl sites for hydroxylation is 2. The maximum absolute atomic E-state index is 12.9. The van der Waals surface area contributed by atoms with Gasteiger partial charge in [-0.1, -0.05) is 0 Å². The van der Waals surface area contributed by atoms with Crippen molar-refractivity contribution in [2.24, 2.45) is 0 Å². The summed E-state index contributed by atoms with van der Waals surface area (Å²) in [4.78, 5) is 0. The van der Waals surface area contributed by atoms with Gasteiger partial charge >= 0.3 is 6.29 Å². The zero-order valence-electron chi connectivity index (χ0n) is 9.78. The van der Waals surface area contributed by atoms with E-state index in [1.165, 1.54) is 12.1 Å². The second-order valence-electron chi connectivity index (χ2n) is 4.14. The third kappa shape index (κ3) is 1.70. The Morgan fingerprint density at radius 1 is 1.11 bits per heavy atom. The summed E-state index contributed by atoms with van der Waals surface area (Å²) in [5.74, 6) is 0.0512. The molecule has 2 heterocycles. The third-order valence-corrected chi connectivity index (χ3v) is 2.64. The third-order valence-electron chi connectivity index (χ3n) is 2.64. The minimum Gasteiger partial charge on any atom is -0.395 e. The molecule has 0 saturated heterocycles. The van der Waals surface area contributed by atoms with Gasteiger partial charge in [-0.3, -0.25) is 0 Å². The van der Waals surface area contributed by atoms with Crippen LogP contribution in [0.3, 0.4) is 0 Å². The average molecular weight is 252 g/mol. The Balaban J connectivity index is 2.05. The number of alkyl halides is 2. The first kappa shape index (κ1) is 11.0. The van der Waals surface area contributed by atoms with Crippen LogP contribution in [0.1, 0.15) is 11.4 Å². The van der Waals surface area contributed by atoms with Gasteiger partial charge in [0.15, 0.2) is 11.5 Å². The molecule has 0 N–H and O–H groups in total. The summed E-state index contributed by atoms with van der Waals surface area (Å²) in [6.07, 6.45) is -3.59. The number of nitrogens with zero attached hydrogens (tertiary/aromatic N) is 2. The zero-order chi connectivity index (χ0) is 12.9. The number of fused-ring (bicyclic) bond motifs is 1. The summed E-state index contributed by atoms with van der Waals surface area (Å²) in [7, 11) is 0. The molecule has 1 aromatic carbocycles. The van der Waals surface area contributed by atoms with E-state index in [4.69, 9.17) is 0 Å². The van der Waals surface area contributed by atoms with E-state index >= 15 is 0 Å². The molecule has 0 radical (unpaired) electrons. The van der Waals surface area contributed by atoms with Gasteiger partial charge in [-0.15, -0.1) is 8.78 Å². The Kier molecular flexibility index (Phi) is 2.10. The molecule has 6 heteroatoms. The summed E-state index contributed by atoms with van der Waals surface area (Å²) in [6, 6.07) is 6.49. The molecule has 0 spiro atoms. The van der Waals surface area contributed by atoms with Gasteiger partial charge in [-0.25, -0.2) is 4.68 Å². The van der Waals surface area contributed by atoms with Gasteiger partial charge in [0.05, 0.1) is 11.4 Å². The van der Waals surface area contributed by atoms with Crippen LogP contribution in [-0.2, 0) is 0 Å². The number of hydrogen-bond acceptors (Lipinski definition) is 3. The summed E-state index contributed by atoms with van der Waals surface area (Å²) >= 11 is 0. The fourth-order valence-corrected chi connectivity index (χ4v) is 1.96. The molecule has 1 aromatic heterocycles. The largest absolute Gasteiger partial charge is 0.586 e. The molecule has 2 aromatic rings. The summed E-state index contributed by atoms with van der Waals surface area (Å²) in [5.41, 5.74) is 2.43. The fourth-order valence-electron chi connectivity index (χ4n) is 1.96. The van der Waals surface area contributed by atoms with Crippen LogP contribution < -0.4 is 9.47 Å². The Morgan fingerprint density at radius 2 is 1.83 bits per heavy atom. The highest BCUT2D eigenvalue weighted by molar-refractivity contribution is 5.50. The van der Waals surface area contributed by atoms with Crippen molar-refractivity contribution in [3.8, 4) is 17.2 Å². The molecule has 0 fully saturated rings. The van der Waals surface area contributed by atoms with Gasteiger partial charge in [-0.2, -0.15) is 5.10 Å². The molecule has 0 atom stereocenters. The first-order valence-electron chi connectivity index (χ1n) is 5.38. The van der Waals surface area contributed by atoms with Crippen molar-refractivity contribution in [3.05, 3.63) is 35.7 Å². The number of aromatic nitrogens is 2. The summed E-state index contributed by atoms with van der Waals surface area (Å²) in [6.45, 7) is 3.75. The van der Waals surface area contributed by atoms with Crippen molar-refractivity contribution in [3.63, 3.8) is 0 Å². The molecule has 3 rings (SSSR count). The molecule has 0 saturated carbocycles. The maximum Gasteiger partial charge on any atom is 0.586 e. The SMILES string of the molecule is Cc1cc(C)n(-c2ccc3c(c2)OC(F)(F)O3)n1. The minimum atomic E-state index is -3.59. The van der Waals surface area contributed by atoms with Crippen molar-refractivity contribution in [2.75, 3.05) is 0 Å². The fraction of sp³-hybridized carbons (Fsp3) is 0.250. The van der Waals surface area contributed by atoms with Crippen molar-refractivity contribution >= 4 is 0 Å². The van der Waals surface area contributed by atoms with Crippen LogP contribution in [0.4, 0.5) is 8.78 Å². The molecule has 0 aliphatic carbocycles. The number of rotatable bonds is 1. The van der Waals surface area contributed by atoms with Gasteiger partial charge in [0.25, 0.3) is 0 Å². The van der Waals surface area contributed by atoms with Gasteiger partial charge in [0.1, 0.15) is 0 Å². The molecule has 4 nitrogen and oxygen atoms in total. The number of halogens is 2. The smallest absolute Gasteiger partial charge is 0.395 e. The Morgan fingerprint density at radius 3 is 2.50 bits per heavy atom. The van der Waals surface area contributed by atoms with Crippen molar-refractivity contribution in [2.45, 2.75) is 20.1 Å². The molecule has 0 amide bonds. The first-order valence-corrected chi connectivity index (χ1v) is 5.38. The highest BCUT2D eigenvalue weighted by atomic mass is 19.3. The van der Waals surface area contributed by atoms with Crippen LogP contribution >= 0.6 is 0 Å². The van der Waals surface area contributed by atoms with Gasteiger partial charge in [0.2, 0.25) is 0 Å². The minimum absolute atomic E-state index is 0.0186. The standard InChI is InChI=1S/C12H10F2N2O2/c1-7-5-8(2)16(15-7)9-3-4-10-11(6-9)18-12(13,14)17-10/h3-6H,1-2H3. The monoisotopic (exact) mass is 252 g/mol. The normalized spacial score (nSPS) is 16.0. The second kappa shape index (κ2) is 3.44. The lowest BCUT2D eigenvalue weighted by Gasteiger charge is -2.05. The number of benzene rings is 1. The molecular formula is C12H10F2N2O2. The number of ether oxygens (including phenoxy) is 2. The molecule has 0 bridgehead atoms. The van der Waals surface area contributed by atoms with Crippen LogP contribution in [0, 0.1) is 13.8 Å². The molecule has 1 aliphatic rings. The van der Waals surface area contributed by atoms with Crippen molar-refractivity contribution in [1.29, 1.82) is 0 Å². The lowest BCUT2D eigenvalue weighted by molar-refractivity contribution is -0.286. The van der Waals surface area contributed by atoms with Crippen LogP contribution in [0.25, 0.3) is 5.69 Å². The quantitative estimate of drug-likeness (QED) is 0.783. The Bertz CT molecular complexity index is 623. The van der Waals surface area contributed by atoms with E-state index < -0.39 is 6.29 Å². The first-order chi connectivity index (χ1) is 8.44. The predicted molar refractivity (Wildman–Crippen MR) is 59.2 cm³/mol. The highest BCUT2D eigenvalue weighted by Gasteiger charge is 2.43. The van der Waals surface area contributed by atoms with Gasteiger partial charge in [-0.05, 0) is 32.0 Å². The molecule has 0 unspecified atom stereocenters. The molecule has 18 heavy (non-hydrogen) atoms. The van der Waals surface area contributed by atoms with Crippen molar-refractivity contribution in [1.82, 2.24) is 9.78 Å². The predicted octanol–water partition coefficient (Wildman–Crippen LogP) is 2.81. The van der Waals surface area contributed by atoms with Crippen LogP contribution in [-0.4, -0.2) is 16.1 Å². The second-order valence-corrected chi connectivity index (χ2v) is 4.14. The van der Waals surface area contributed by atoms with E-state index in [1.54, 1.807) is 10.7 Å². The van der Waals surface area contributed by atoms with E-state index in [0.717, 1.165) is 11.4 Å². The van der Waals surface area contributed by atoms with E-state index in [0.29, 0.717) is 5.69 Å². The van der Waals surface area contributed by atoms with Crippen LogP contribution in [0.5, 0.6) is 11.5 Å². The molecular weight excluding hydrogens is 242 g/mol. The lowest BCUT2D eigenvalue weighted by atomic mass is 10.2. The Hall–Kier alpha value is -2.11. The van der Waals surface area contributed by atoms with Gasteiger partial charge < -0.3 is 9.47 Å². The summed E-state index contributed by atoms with van der Waals surface area (Å²) < 4.78 is 36.2. The van der Waals surface area contributed by atoms with E-state index in [2.05, 4.69) is 14.6 Å². The van der Waals surface area contributed by atoms with E-state index in [-0.39, 0.29) is 11.5 Å². The topological polar surface area (TPSA) is 36.3 Å². The van der Waals surface area contributed by atoms with Crippen molar-refractivity contribution < 1.29 is 18.3 Å². The number of hydrogen-bond donors (Lipinski definition) is 0. The average Bonchev–Trinajstić information content (AvgIpc) is 2.74. The van der Waals surface area contributed by atoms with Crippen LogP contribution in [0.15, 0.2) is 24.3 Å². The Labute approximate surface area is 102 Å². The molecule has 94 valence electrons. The lowest BCUT2D eigenvalue weighted by Crippen LogP contribution is -2.25. The highest BCUT2D eigenvalue weighted by Crippen LogP contribution is 2.41. The zero-order valence-corrected chi connectivity index (χ0v) is 9.78.